The summed E-state index contributed by atoms with van der Waals surface area (Å²) >= 11 is 2.03. The van der Waals surface area contributed by atoms with Crippen LogP contribution in [0.1, 0.15) is 74.3 Å². The molecule has 1 aromatic heterocycles. The summed E-state index contributed by atoms with van der Waals surface area (Å²) in [5, 5.41) is 3.66. The molecule has 0 aromatic carbocycles. The summed E-state index contributed by atoms with van der Waals surface area (Å²) in [6.45, 7) is 4.65. The Labute approximate surface area is 142 Å². The smallest absolute Gasteiger partial charge is 0.261 e. The molecule has 1 amide bonds. The number of hydrogen-bond donors (Lipinski definition) is 2. The average Bonchev–Trinajstić information content (AvgIpc) is 2.55. The number of aromatic nitrogens is 1. The van der Waals surface area contributed by atoms with Gasteiger partial charge in [0, 0.05) is 17.5 Å². The van der Waals surface area contributed by atoms with Crippen LogP contribution in [-0.4, -0.2) is 28.4 Å². The summed E-state index contributed by atoms with van der Waals surface area (Å²) < 4.78 is 0. The van der Waals surface area contributed by atoms with Gasteiger partial charge in [-0.15, -0.1) is 0 Å². The van der Waals surface area contributed by atoms with Gasteiger partial charge in [-0.1, -0.05) is 33.1 Å². The van der Waals surface area contributed by atoms with Crippen LogP contribution in [0.15, 0.2) is 16.9 Å². The maximum Gasteiger partial charge on any atom is 0.261 e. The first-order valence-electron chi connectivity index (χ1n) is 8.71. The maximum absolute atomic E-state index is 12.1. The Morgan fingerprint density at radius 3 is 2.70 bits per heavy atom. The summed E-state index contributed by atoms with van der Waals surface area (Å²) in [5.74, 6) is 1.05. The van der Waals surface area contributed by atoms with Gasteiger partial charge in [0.05, 0.1) is 0 Å². The fourth-order valence-electron chi connectivity index (χ4n) is 2.86. The van der Waals surface area contributed by atoms with Gasteiger partial charge >= 0.3 is 0 Å². The summed E-state index contributed by atoms with van der Waals surface area (Å²) in [4.78, 5) is 26.8. The minimum atomic E-state index is -0.301. The van der Waals surface area contributed by atoms with Crippen molar-refractivity contribution in [3.05, 3.63) is 33.7 Å². The van der Waals surface area contributed by atoms with Crippen LogP contribution in [0, 0.1) is 0 Å². The minimum Gasteiger partial charge on any atom is -0.352 e. The number of nitrogens with one attached hydrogen (secondary N) is 2. The Morgan fingerprint density at radius 2 is 2.04 bits per heavy atom. The van der Waals surface area contributed by atoms with Gasteiger partial charge in [-0.25, -0.2) is 0 Å². The highest BCUT2D eigenvalue weighted by atomic mass is 32.2. The van der Waals surface area contributed by atoms with E-state index in [0.29, 0.717) is 6.54 Å². The molecule has 1 aromatic rings. The van der Waals surface area contributed by atoms with Crippen molar-refractivity contribution in [1.29, 1.82) is 0 Å². The number of H-pyrrole nitrogens is 1. The molecule has 0 saturated heterocycles. The lowest BCUT2D eigenvalue weighted by Crippen LogP contribution is -2.31. The van der Waals surface area contributed by atoms with Crippen molar-refractivity contribution in [2.24, 2.45) is 0 Å². The van der Waals surface area contributed by atoms with Crippen molar-refractivity contribution in [1.82, 2.24) is 10.3 Å². The Kier molecular flexibility index (Phi) is 7.21. The SMILES string of the molecule is CC(C)c1ccc(C(=O)NCCCSC2CCCCC2)c(=O)[nH]1. The molecule has 4 nitrogen and oxygen atoms in total. The lowest BCUT2D eigenvalue weighted by atomic mass is 10.0. The number of carbonyl (C=O) groups excluding carboxylic acids is 1. The molecule has 128 valence electrons. The molecule has 0 radical (unpaired) electrons. The predicted molar refractivity (Wildman–Crippen MR) is 97.4 cm³/mol. The Morgan fingerprint density at radius 1 is 1.30 bits per heavy atom. The third-order valence-electron chi connectivity index (χ3n) is 4.31. The van der Waals surface area contributed by atoms with Gasteiger partial charge < -0.3 is 10.3 Å². The van der Waals surface area contributed by atoms with Gasteiger partial charge in [0.2, 0.25) is 0 Å². The lowest BCUT2D eigenvalue weighted by molar-refractivity contribution is 0.0952. The van der Waals surface area contributed by atoms with Gasteiger partial charge in [-0.05, 0) is 43.1 Å². The van der Waals surface area contributed by atoms with Crippen LogP contribution >= 0.6 is 11.8 Å². The molecule has 0 atom stereocenters. The van der Waals surface area contributed by atoms with E-state index in [1.54, 1.807) is 6.07 Å². The van der Waals surface area contributed by atoms with Crippen LogP contribution in [0.4, 0.5) is 0 Å². The van der Waals surface area contributed by atoms with Gasteiger partial charge in [0.25, 0.3) is 11.5 Å². The molecule has 0 bridgehead atoms. The first-order chi connectivity index (χ1) is 11.1. The highest BCUT2D eigenvalue weighted by Gasteiger charge is 2.14. The molecule has 0 aliphatic heterocycles. The third-order valence-corrected chi connectivity index (χ3v) is 5.78. The summed E-state index contributed by atoms with van der Waals surface area (Å²) in [6.07, 6.45) is 7.75. The number of thioether (sulfide) groups is 1. The van der Waals surface area contributed by atoms with Crippen LogP contribution in [0.3, 0.4) is 0 Å². The van der Waals surface area contributed by atoms with Crippen LogP contribution < -0.4 is 10.9 Å². The van der Waals surface area contributed by atoms with E-state index in [0.717, 1.165) is 23.1 Å². The van der Waals surface area contributed by atoms with Gasteiger partial charge in [-0.2, -0.15) is 11.8 Å². The topological polar surface area (TPSA) is 62.0 Å². The number of rotatable bonds is 7. The number of hydrogen-bond acceptors (Lipinski definition) is 3. The molecular weight excluding hydrogens is 308 g/mol. The normalized spacial score (nSPS) is 15.8. The fraction of sp³-hybridized carbons (Fsp3) is 0.667. The molecule has 2 rings (SSSR count). The number of carbonyl (C=O) groups is 1. The van der Waals surface area contributed by atoms with Crippen LogP contribution in [0.5, 0.6) is 0 Å². The van der Waals surface area contributed by atoms with Crippen LogP contribution in [-0.2, 0) is 0 Å². The Bertz CT molecular complexity index is 562. The van der Waals surface area contributed by atoms with Gasteiger partial charge in [-0.3, -0.25) is 9.59 Å². The zero-order chi connectivity index (χ0) is 16.7. The largest absolute Gasteiger partial charge is 0.352 e. The standard InChI is InChI=1S/C18H28N2O2S/c1-13(2)16-10-9-15(18(22)20-16)17(21)19-11-6-12-23-14-7-4-3-5-8-14/h9-10,13-14H,3-8,11-12H2,1-2H3,(H,19,21)(H,20,22). The van der Waals surface area contributed by atoms with Crippen molar-refractivity contribution in [3.63, 3.8) is 0 Å². The zero-order valence-corrected chi connectivity index (χ0v) is 15.0. The second-order valence-corrected chi connectivity index (χ2v) is 7.96. The quantitative estimate of drug-likeness (QED) is 0.747. The summed E-state index contributed by atoms with van der Waals surface area (Å²) in [7, 11) is 0. The van der Waals surface area contributed by atoms with Crippen molar-refractivity contribution >= 4 is 17.7 Å². The monoisotopic (exact) mass is 336 g/mol. The van der Waals surface area contributed by atoms with Crippen molar-refractivity contribution in [3.8, 4) is 0 Å². The Hall–Kier alpha value is -1.23. The average molecular weight is 337 g/mol. The van der Waals surface area contributed by atoms with E-state index >= 15 is 0 Å². The van der Waals surface area contributed by atoms with Gasteiger partial charge in [0.15, 0.2) is 0 Å². The minimum absolute atomic E-state index is 0.203. The molecule has 1 heterocycles. The van der Waals surface area contributed by atoms with Crippen LogP contribution in [0.25, 0.3) is 0 Å². The summed E-state index contributed by atoms with van der Waals surface area (Å²) in [5.41, 5.74) is 0.759. The van der Waals surface area contributed by atoms with Crippen molar-refractivity contribution in [2.45, 2.75) is 63.5 Å². The second-order valence-electron chi connectivity index (χ2n) is 6.55. The van der Waals surface area contributed by atoms with Crippen molar-refractivity contribution in [2.75, 3.05) is 12.3 Å². The molecule has 2 N–H and O–H groups in total. The number of pyridine rings is 1. The fourth-order valence-corrected chi connectivity index (χ4v) is 4.17. The molecule has 0 spiro atoms. The number of amides is 1. The van der Waals surface area contributed by atoms with E-state index in [2.05, 4.69) is 10.3 Å². The zero-order valence-electron chi connectivity index (χ0n) is 14.2. The molecule has 5 heteroatoms. The second kappa shape index (κ2) is 9.16. The molecule has 1 saturated carbocycles. The van der Waals surface area contributed by atoms with Crippen LogP contribution in [0.2, 0.25) is 0 Å². The maximum atomic E-state index is 12.1. The van der Waals surface area contributed by atoms with E-state index in [-0.39, 0.29) is 22.9 Å². The molecule has 1 aliphatic carbocycles. The highest BCUT2D eigenvalue weighted by Crippen LogP contribution is 2.28. The Balaban J connectivity index is 1.71. The van der Waals surface area contributed by atoms with Gasteiger partial charge in [0.1, 0.15) is 5.56 Å². The molecule has 1 aliphatic rings. The van der Waals surface area contributed by atoms with Crippen molar-refractivity contribution < 1.29 is 4.79 Å². The molecular formula is C18H28N2O2S. The number of aromatic amines is 1. The van der Waals surface area contributed by atoms with E-state index < -0.39 is 0 Å². The first-order valence-corrected chi connectivity index (χ1v) is 9.76. The van der Waals surface area contributed by atoms with E-state index in [1.807, 2.05) is 31.7 Å². The van der Waals surface area contributed by atoms with E-state index in [9.17, 15) is 9.59 Å². The highest BCUT2D eigenvalue weighted by molar-refractivity contribution is 7.99. The predicted octanol–water partition coefficient (Wildman–Crippen LogP) is 3.68. The van der Waals surface area contributed by atoms with E-state index in [1.165, 1.54) is 32.1 Å². The third kappa shape index (κ3) is 5.72. The lowest BCUT2D eigenvalue weighted by Gasteiger charge is -2.20. The molecule has 0 unspecified atom stereocenters. The van der Waals surface area contributed by atoms with E-state index in [4.69, 9.17) is 0 Å². The molecule has 1 fully saturated rings. The first kappa shape index (κ1) is 18.1. The molecule has 23 heavy (non-hydrogen) atoms. The summed E-state index contributed by atoms with van der Waals surface area (Å²) in [6, 6.07) is 3.44.